The summed E-state index contributed by atoms with van der Waals surface area (Å²) in [7, 11) is 0. The first kappa shape index (κ1) is 5.71. The van der Waals surface area contributed by atoms with Gasteiger partial charge in [-0.05, 0) is 6.92 Å². The Balaban J connectivity index is 2.35. The van der Waals surface area contributed by atoms with Crippen molar-refractivity contribution in [2.75, 3.05) is 0 Å². The van der Waals surface area contributed by atoms with Crippen molar-refractivity contribution >= 4 is 6.34 Å². The van der Waals surface area contributed by atoms with Crippen LogP contribution in [0.4, 0.5) is 0 Å². The van der Waals surface area contributed by atoms with E-state index >= 15 is 0 Å². The van der Waals surface area contributed by atoms with Gasteiger partial charge < -0.3 is 5.32 Å². The molecule has 0 spiro atoms. The van der Waals surface area contributed by atoms with Crippen LogP contribution in [0.3, 0.4) is 0 Å². The Morgan fingerprint density at radius 2 is 2.40 bits per heavy atom. The SMILES string of the molecule is CC12C=CC=CC1N=CN2. The van der Waals surface area contributed by atoms with Crippen LogP contribution in [-0.2, 0) is 0 Å². The zero-order chi connectivity index (χ0) is 7.03. The lowest BCUT2D eigenvalue weighted by atomic mass is 9.90. The fraction of sp³-hybridized carbons (Fsp3) is 0.375. The number of aliphatic imine (C=N–C) groups is 1. The molecular formula is C8H10N2. The first-order valence-corrected chi connectivity index (χ1v) is 3.47. The smallest absolute Gasteiger partial charge is 0.0963 e. The molecule has 2 rings (SSSR count). The molecule has 0 saturated heterocycles. The van der Waals surface area contributed by atoms with Gasteiger partial charge in [0.25, 0.3) is 0 Å². The first-order chi connectivity index (χ1) is 4.81. The summed E-state index contributed by atoms with van der Waals surface area (Å²) in [6.07, 6.45) is 10.1. The lowest BCUT2D eigenvalue weighted by Crippen LogP contribution is -2.43. The minimum absolute atomic E-state index is 0.0503. The standard InChI is InChI=1S/C8H10N2/c1-8-5-3-2-4-7(8)9-6-10-8/h2-7H,1H3,(H,9,10). The number of allylic oxidation sites excluding steroid dienone is 2. The van der Waals surface area contributed by atoms with E-state index in [2.05, 4.69) is 35.5 Å². The molecule has 0 aromatic heterocycles. The zero-order valence-electron chi connectivity index (χ0n) is 5.91. The number of hydrogen-bond acceptors (Lipinski definition) is 2. The Morgan fingerprint density at radius 1 is 1.50 bits per heavy atom. The maximum absolute atomic E-state index is 4.26. The van der Waals surface area contributed by atoms with Crippen molar-refractivity contribution in [1.82, 2.24) is 5.32 Å². The van der Waals surface area contributed by atoms with Crippen molar-refractivity contribution in [2.24, 2.45) is 4.99 Å². The molecule has 0 fully saturated rings. The van der Waals surface area contributed by atoms with E-state index in [1.165, 1.54) is 0 Å². The average molecular weight is 134 g/mol. The largest absolute Gasteiger partial charge is 0.365 e. The van der Waals surface area contributed by atoms with Crippen LogP contribution in [0.2, 0.25) is 0 Å². The Hall–Kier alpha value is -1.05. The van der Waals surface area contributed by atoms with E-state index in [4.69, 9.17) is 0 Å². The minimum atomic E-state index is 0.0503. The van der Waals surface area contributed by atoms with Gasteiger partial charge in [-0.15, -0.1) is 0 Å². The first-order valence-electron chi connectivity index (χ1n) is 3.47. The summed E-state index contributed by atoms with van der Waals surface area (Å²) >= 11 is 0. The second kappa shape index (κ2) is 1.72. The third-order valence-electron chi connectivity index (χ3n) is 2.07. The summed E-state index contributed by atoms with van der Waals surface area (Å²) in [6, 6.07) is 0.303. The molecule has 52 valence electrons. The number of nitrogens with one attached hydrogen (secondary N) is 1. The number of nitrogens with zero attached hydrogens (tertiary/aromatic N) is 1. The summed E-state index contributed by atoms with van der Waals surface area (Å²) < 4.78 is 0. The van der Waals surface area contributed by atoms with Gasteiger partial charge in [-0.3, -0.25) is 4.99 Å². The summed E-state index contributed by atoms with van der Waals surface area (Å²) in [5.74, 6) is 0. The summed E-state index contributed by atoms with van der Waals surface area (Å²) in [5, 5.41) is 3.21. The lowest BCUT2D eigenvalue weighted by Gasteiger charge is -2.26. The third-order valence-corrected chi connectivity index (χ3v) is 2.07. The van der Waals surface area contributed by atoms with E-state index in [1.807, 2.05) is 6.08 Å². The van der Waals surface area contributed by atoms with Crippen molar-refractivity contribution in [2.45, 2.75) is 18.5 Å². The molecule has 1 N–H and O–H groups in total. The molecule has 0 aromatic rings. The Labute approximate surface area is 60.3 Å². The molecule has 0 saturated carbocycles. The molecular weight excluding hydrogens is 124 g/mol. The molecule has 1 heterocycles. The van der Waals surface area contributed by atoms with Gasteiger partial charge in [0.05, 0.1) is 17.9 Å². The summed E-state index contributed by atoms with van der Waals surface area (Å²) in [6.45, 7) is 2.14. The quantitative estimate of drug-likeness (QED) is 0.522. The van der Waals surface area contributed by atoms with Crippen molar-refractivity contribution in [3.05, 3.63) is 24.3 Å². The van der Waals surface area contributed by atoms with Gasteiger partial charge >= 0.3 is 0 Å². The average Bonchev–Trinajstić information content (AvgIpc) is 2.29. The van der Waals surface area contributed by atoms with Crippen molar-refractivity contribution < 1.29 is 0 Å². The Kier molecular flexibility index (Phi) is 0.982. The molecule has 0 bridgehead atoms. The van der Waals surface area contributed by atoms with Crippen LogP contribution in [0.5, 0.6) is 0 Å². The zero-order valence-corrected chi connectivity index (χ0v) is 5.91. The summed E-state index contributed by atoms with van der Waals surface area (Å²) in [4.78, 5) is 4.26. The van der Waals surface area contributed by atoms with E-state index < -0.39 is 0 Å². The van der Waals surface area contributed by atoms with Crippen LogP contribution in [0.1, 0.15) is 6.92 Å². The molecule has 0 amide bonds. The van der Waals surface area contributed by atoms with Gasteiger partial charge in [-0.2, -0.15) is 0 Å². The van der Waals surface area contributed by atoms with E-state index in [-0.39, 0.29) is 5.54 Å². The van der Waals surface area contributed by atoms with Crippen LogP contribution in [0.15, 0.2) is 29.3 Å². The number of rotatable bonds is 0. The van der Waals surface area contributed by atoms with E-state index in [1.54, 1.807) is 6.34 Å². The molecule has 2 unspecified atom stereocenters. The van der Waals surface area contributed by atoms with Crippen molar-refractivity contribution in [3.8, 4) is 0 Å². The van der Waals surface area contributed by atoms with Crippen LogP contribution < -0.4 is 5.32 Å². The highest BCUT2D eigenvalue weighted by atomic mass is 15.1. The van der Waals surface area contributed by atoms with Crippen LogP contribution >= 0.6 is 0 Å². The highest BCUT2D eigenvalue weighted by Crippen LogP contribution is 2.22. The van der Waals surface area contributed by atoms with Crippen molar-refractivity contribution in [1.29, 1.82) is 0 Å². The maximum atomic E-state index is 4.26. The highest BCUT2D eigenvalue weighted by molar-refractivity contribution is 5.62. The summed E-state index contributed by atoms with van der Waals surface area (Å²) in [5.41, 5.74) is 0.0503. The second-order valence-electron chi connectivity index (χ2n) is 2.89. The van der Waals surface area contributed by atoms with E-state index in [0.717, 1.165) is 0 Å². The molecule has 2 heteroatoms. The van der Waals surface area contributed by atoms with Gasteiger partial charge in [0.1, 0.15) is 0 Å². The van der Waals surface area contributed by atoms with Crippen LogP contribution in [0.25, 0.3) is 0 Å². The molecule has 0 aromatic carbocycles. The Morgan fingerprint density at radius 3 is 3.20 bits per heavy atom. The predicted molar refractivity (Wildman–Crippen MR) is 42.1 cm³/mol. The molecule has 1 aliphatic carbocycles. The molecule has 2 nitrogen and oxygen atoms in total. The third kappa shape index (κ3) is 0.618. The molecule has 1 aliphatic heterocycles. The number of fused-ring (bicyclic) bond motifs is 1. The van der Waals surface area contributed by atoms with Crippen LogP contribution in [0, 0.1) is 0 Å². The molecule has 0 radical (unpaired) electrons. The molecule has 2 atom stereocenters. The monoisotopic (exact) mass is 134 g/mol. The van der Waals surface area contributed by atoms with Gasteiger partial charge in [0.2, 0.25) is 0 Å². The number of hydrogen-bond donors (Lipinski definition) is 1. The van der Waals surface area contributed by atoms with Gasteiger partial charge in [-0.1, -0.05) is 24.3 Å². The maximum Gasteiger partial charge on any atom is 0.0963 e. The van der Waals surface area contributed by atoms with Gasteiger partial charge in [0.15, 0.2) is 0 Å². The normalized spacial score (nSPS) is 41.5. The fourth-order valence-corrected chi connectivity index (χ4v) is 1.32. The highest BCUT2D eigenvalue weighted by Gasteiger charge is 2.33. The second-order valence-corrected chi connectivity index (χ2v) is 2.89. The fourth-order valence-electron chi connectivity index (χ4n) is 1.32. The van der Waals surface area contributed by atoms with E-state index in [9.17, 15) is 0 Å². The predicted octanol–water partition coefficient (Wildman–Crippen LogP) is 0.871. The van der Waals surface area contributed by atoms with Crippen LogP contribution in [-0.4, -0.2) is 17.9 Å². The van der Waals surface area contributed by atoms with Crippen molar-refractivity contribution in [3.63, 3.8) is 0 Å². The minimum Gasteiger partial charge on any atom is -0.365 e. The van der Waals surface area contributed by atoms with Gasteiger partial charge in [0, 0.05) is 0 Å². The topological polar surface area (TPSA) is 24.4 Å². The molecule has 10 heavy (non-hydrogen) atoms. The van der Waals surface area contributed by atoms with E-state index in [0.29, 0.717) is 6.04 Å². The Bertz CT molecular complexity index is 227. The van der Waals surface area contributed by atoms with Gasteiger partial charge in [-0.25, -0.2) is 0 Å². The lowest BCUT2D eigenvalue weighted by molar-refractivity contribution is 0.502. The molecule has 2 aliphatic rings.